The van der Waals surface area contributed by atoms with Crippen molar-refractivity contribution in [2.24, 2.45) is 0 Å². The fraction of sp³-hybridized carbons (Fsp3) is 0.556. The molecule has 1 heterocycles. The van der Waals surface area contributed by atoms with Crippen LogP contribution in [0.2, 0.25) is 0 Å². The molecule has 1 amide bonds. The number of rotatable bonds is 5. The van der Waals surface area contributed by atoms with Crippen LogP contribution in [0.25, 0.3) is 0 Å². The van der Waals surface area contributed by atoms with Crippen LogP contribution >= 0.6 is 0 Å². The summed E-state index contributed by atoms with van der Waals surface area (Å²) < 4.78 is 15.8. The van der Waals surface area contributed by atoms with Gasteiger partial charge in [0.05, 0.1) is 19.6 Å². The van der Waals surface area contributed by atoms with Crippen LogP contribution in [0.15, 0.2) is 24.3 Å². The number of amides is 1. The quantitative estimate of drug-likeness (QED) is 0.774. The summed E-state index contributed by atoms with van der Waals surface area (Å²) >= 11 is 0. The van der Waals surface area contributed by atoms with Gasteiger partial charge in [0.25, 0.3) is 0 Å². The number of ether oxygens (including phenoxy) is 3. The van der Waals surface area contributed by atoms with Gasteiger partial charge in [-0.15, -0.1) is 0 Å². The van der Waals surface area contributed by atoms with Crippen molar-refractivity contribution in [1.82, 2.24) is 4.90 Å². The number of likely N-dealkylation sites (tertiary alicyclic amines) is 1. The lowest BCUT2D eigenvalue weighted by Crippen LogP contribution is -2.42. The normalized spacial score (nSPS) is 15.2. The molecule has 1 aromatic rings. The summed E-state index contributed by atoms with van der Waals surface area (Å²) in [5, 5.41) is 0. The van der Waals surface area contributed by atoms with E-state index in [1.807, 2.05) is 38.1 Å². The molecule has 0 N–H and O–H groups in total. The first-order valence-corrected chi connectivity index (χ1v) is 8.26. The van der Waals surface area contributed by atoms with Crippen LogP contribution in [0.4, 0.5) is 4.79 Å². The highest BCUT2D eigenvalue weighted by Crippen LogP contribution is 2.17. The molecule has 1 aromatic carbocycles. The van der Waals surface area contributed by atoms with Gasteiger partial charge in [-0.1, -0.05) is 12.1 Å². The molecule has 6 heteroatoms. The Hall–Kier alpha value is -2.24. The molecule has 1 saturated heterocycles. The lowest BCUT2D eigenvalue weighted by molar-refractivity contribution is -0.150. The van der Waals surface area contributed by atoms with E-state index in [9.17, 15) is 9.59 Å². The van der Waals surface area contributed by atoms with E-state index < -0.39 is 0 Å². The second kappa shape index (κ2) is 8.57. The van der Waals surface area contributed by atoms with Crippen molar-refractivity contribution in [1.29, 1.82) is 0 Å². The van der Waals surface area contributed by atoms with Gasteiger partial charge in [-0.3, -0.25) is 4.79 Å². The zero-order valence-corrected chi connectivity index (χ0v) is 14.5. The fourth-order valence-electron chi connectivity index (χ4n) is 2.57. The first kappa shape index (κ1) is 18.1. The summed E-state index contributed by atoms with van der Waals surface area (Å²) in [6.07, 6.45) is 0.951. The predicted octanol–water partition coefficient (Wildman–Crippen LogP) is 2.79. The Morgan fingerprint density at radius 1 is 1.17 bits per heavy atom. The van der Waals surface area contributed by atoms with E-state index in [0.717, 1.165) is 11.3 Å². The van der Waals surface area contributed by atoms with Crippen LogP contribution < -0.4 is 4.74 Å². The SMILES string of the molecule is COc1ccc(CC(=O)OC2CCN(C(=O)OC(C)C)CC2)cc1. The molecule has 1 aliphatic rings. The zero-order chi connectivity index (χ0) is 17.5. The summed E-state index contributed by atoms with van der Waals surface area (Å²) in [6.45, 7) is 4.75. The topological polar surface area (TPSA) is 65.1 Å². The molecule has 0 spiro atoms. The molecule has 1 aliphatic heterocycles. The monoisotopic (exact) mass is 335 g/mol. The van der Waals surface area contributed by atoms with Crippen molar-refractivity contribution in [2.75, 3.05) is 20.2 Å². The molecule has 132 valence electrons. The molecule has 0 saturated carbocycles. The Bertz CT molecular complexity index is 547. The van der Waals surface area contributed by atoms with Gasteiger partial charge in [0, 0.05) is 25.9 Å². The molecule has 1 fully saturated rings. The third-order valence-electron chi connectivity index (χ3n) is 3.84. The average molecular weight is 335 g/mol. The van der Waals surface area contributed by atoms with Gasteiger partial charge >= 0.3 is 12.1 Å². The number of benzene rings is 1. The molecule has 24 heavy (non-hydrogen) atoms. The number of piperidine rings is 1. The smallest absolute Gasteiger partial charge is 0.410 e. The maximum absolute atomic E-state index is 12.0. The molecular weight excluding hydrogens is 310 g/mol. The minimum absolute atomic E-state index is 0.127. The lowest BCUT2D eigenvalue weighted by atomic mass is 10.1. The number of nitrogens with zero attached hydrogens (tertiary/aromatic N) is 1. The van der Waals surface area contributed by atoms with E-state index in [2.05, 4.69) is 0 Å². The molecule has 0 unspecified atom stereocenters. The molecule has 2 rings (SSSR count). The van der Waals surface area contributed by atoms with E-state index in [0.29, 0.717) is 25.9 Å². The molecule has 0 aliphatic carbocycles. The van der Waals surface area contributed by atoms with Gasteiger partial charge in [0.15, 0.2) is 0 Å². The number of hydrogen-bond donors (Lipinski definition) is 0. The van der Waals surface area contributed by atoms with E-state index in [1.165, 1.54) is 0 Å². The minimum Gasteiger partial charge on any atom is -0.497 e. The summed E-state index contributed by atoms with van der Waals surface area (Å²) in [5.74, 6) is 0.510. The van der Waals surface area contributed by atoms with Crippen molar-refractivity contribution in [3.05, 3.63) is 29.8 Å². The third kappa shape index (κ3) is 5.44. The number of carbonyl (C=O) groups excluding carboxylic acids is 2. The summed E-state index contributed by atoms with van der Waals surface area (Å²) in [6, 6.07) is 7.35. The van der Waals surface area contributed by atoms with Crippen molar-refractivity contribution in [3.63, 3.8) is 0 Å². The molecule has 0 radical (unpaired) electrons. The summed E-state index contributed by atoms with van der Waals surface area (Å²) in [5.41, 5.74) is 0.888. The Labute approximate surface area is 142 Å². The van der Waals surface area contributed by atoms with Crippen molar-refractivity contribution in [2.45, 2.75) is 45.3 Å². The molecule has 0 bridgehead atoms. The van der Waals surface area contributed by atoms with Gasteiger partial charge in [-0.2, -0.15) is 0 Å². The largest absolute Gasteiger partial charge is 0.497 e. The summed E-state index contributed by atoms with van der Waals surface area (Å²) in [7, 11) is 1.60. The first-order chi connectivity index (χ1) is 11.5. The first-order valence-electron chi connectivity index (χ1n) is 8.26. The zero-order valence-electron chi connectivity index (χ0n) is 14.5. The van der Waals surface area contributed by atoms with Crippen molar-refractivity contribution < 1.29 is 23.8 Å². The highest BCUT2D eigenvalue weighted by atomic mass is 16.6. The number of methoxy groups -OCH3 is 1. The van der Waals surface area contributed by atoms with Crippen LogP contribution in [0, 0.1) is 0 Å². The van der Waals surface area contributed by atoms with Gasteiger partial charge in [-0.05, 0) is 31.5 Å². The average Bonchev–Trinajstić information content (AvgIpc) is 2.55. The molecule has 0 aromatic heterocycles. The van der Waals surface area contributed by atoms with E-state index >= 15 is 0 Å². The highest BCUT2D eigenvalue weighted by molar-refractivity contribution is 5.73. The predicted molar refractivity (Wildman–Crippen MR) is 89.0 cm³/mol. The number of esters is 1. The van der Waals surface area contributed by atoms with E-state index in [-0.39, 0.29) is 30.7 Å². The van der Waals surface area contributed by atoms with Gasteiger partial charge < -0.3 is 19.1 Å². The Balaban J connectivity index is 1.74. The van der Waals surface area contributed by atoms with Crippen molar-refractivity contribution >= 4 is 12.1 Å². The molecular formula is C18H25NO5. The molecule has 6 nitrogen and oxygen atoms in total. The minimum atomic E-state index is -0.298. The van der Waals surface area contributed by atoms with Crippen molar-refractivity contribution in [3.8, 4) is 5.75 Å². The maximum Gasteiger partial charge on any atom is 0.410 e. The van der Waals surface area contributed by atoms with Crippen LogP contribution in [0.5, 0.6) is 5.75 Å². The molecule has 0 atom stereocenters. The third-order valence-corrected chi connectivity index (χ3v) is 3.84. The Kier molecular flexibility index (Phi) is 6.46. The maximum atomic E-state index is 12.0. The van der Waals surface area contributed by atoms with Crippen LogP contribution in [0.3, 0.4) is 0 Å². The second-order valence-corrected chi connectivity index (χ2v) is 6.13. The lowest BCUT2D eigenvalue weighted by Gasteiger charge is -2.31. The Morgan fingerprint density at radius 2 is 1.79 bits per heavy atom. The summed E-state index contributed by atoms with van der Waals surface area (Å²) in [4.78, 5) is 25.5. The van der Waals surface area contributed by atoms with Crippen LogP contribution in [0.1, 0.15) is 32.3 Å². The number of carbonyl (C=O) groups is 2. The number of hydrogen-bond acceptors (Lipinski definition) is 5. The highest BCUT2D eigenvalue weighted by Gasteiger charge is 2.26. The van der Waals surface area contributed by atoms with E-state index in [1.54, 1.807) is 12.0 Å². The Morgan fingerprint density at radius 3 is 2.33 bits per heavy atom. The van der Waals surface area contributed by atoms with Gasteiger partial charge in [0.2, 0.25) is 0 Å². The second-order valence-electron chi connectivity index (χ2n) is 6.13. The van der Waals surface area contributed by atoms with Crippen LogP contribution in [-0.2, 0) is 20.7 Å². The fourth-order valence-corrected chi connectivity index (χ4v) is 2.57. The van der Waals surface area contributed by atoms with Crippen LogP contribution in [-0.4, -0.2) is 49.4 Å². The van der Waals surface area contributed by atoms with Gasteiger partial charge in [0.1, 0.15) is 11.9 Å². The van der Waals surface area contributed by atoms with E-state index in [4.69, 9.17) is 14.2 Å². The van der Waals surface area contributed by atoms with Gasteiger partial charge in [-0.25, -0.2) is 4.79 Å². The standard InChI is InChI=1S/C18H25NO5/c1-13(2)23-18(21)19-10-8-16(9-11-19)24-17(20)12-14-4-6-15(22-3)7-5-14/h4-7,13,16H,8-12H2,1-3H3.